The average molecular weight is 312 g/mol. The van der Waals surface area contributed by atoms with Crippen LogP contribution in [0.4, 0.5) is 0 Å². The molecule has 0 aliphatic rings. The van der Waals surface area contributed by atoms with E-state index in [1.165, 1.54) is 10.8 Å². The Morgan fingerprint density at radius 3 is 1.57 bits per heavy atom. The number of rotatable bonds is 0. The van der Waals surface area contributed by atoms with Crippen molar-refractivity contribution in [1.82, 2.24) is 0 Å². The summed E-state index contributed by atoms with van der Waals surface area (Å²) in [5, 5.41) is 2.98. The molecule has 2 aromatic heterocycles. The molecule has 0 fully saturated rings. The summed E-state index contributed by atoms with van der Waals surface area (Å²) >= 11 is 1.20. The van der Waals surface area contributed by atoms with Crippen molar-refractivity contribution in [2.75, 3.05) is 0 Å². The fourth-order valence-corrected chi connectivity index (χ4v) is 5.84. The van der Waals surface area contributed by atoms with Crippen LogP contribution in [0.15, 0.2) is 24.3 Å². The van der Waals surface area contributed by atoms with E-state index in [0.29, 0.717) is 29.0 Å². The van der Waals surface area contributed by atoms with Crippen molar-refractivity contribution in [2.45, 2.75) is 13.8 Å². The second-order valence-corrected chi connectivity index (χ2v) is 9.05. The van der Waals surface area contributed by atoms with E-state index in [1.807, 2.05) is 0 Å². The molecule has 0 unspecified atom stereocenters. The topological polar surface area (TPSA) is 0 Å². The van der Waals surface area contributed by atoms with Crippen LogP contribution in [0.1, 0.15) is 8.87 Å². The van der Waals surface area contributed by atoms with E-state index in [1.54, 1.807) is 17.4 Å². The van der Waals surface area contributed by atoms with Crippen molar-refractivity contribution in [3.63, 3.8) is 0 Å². The second kappa shape index (κ2) is 3.12. The van der Waals surface area contributed by atoms with E-state index in [9.17, 15) is 0 Å². The average Bonchev–Trinajstić information content (AvgIpc) is 2.59. The second-order valence-electron chi connectivity index (χ2n) is 3.64. The molecule has 0 bridgehead atoms. The Labute approximate surface area is 95.0 Å². The summed E-state index contributed by atoms with van der Waals surface area (Å²) in [5.41, 5.74) is 0. The Hall–Kier alpha value is -0.261. The maximum absolute atomic E-state index is 2.41. The van der Waals surface area contributed by atoms with Gasteiger partial charge < -0.3 is 0 Å². The first-order valence-corrected chi connectivity index (χ1v) is 8.05. The van der Waals surface area contributed by atoms with Gasteiger partial charge in [0.05, 0.1) is 0 Å². The number of benzene rings is 1. The quantitative estimate of drug-likeness (QED) is 0.560. The summed E-state index contributed by atoms with van der Waals surface area (Å²) in [6, 6.07) is 9.55. The van der Waals surface area contributed by atoms with Crippen molar-refractivity contribution in [3.8, 4) is 0 Å². The molecule has 3 aromatic rings. The van der Waals surface area contributed by atoms with Gasteiger partial charge in [0.2, 0.25) is 0 Å². The Morgan fingerprint density at radius 2 is 1.14 bits per heavy atom. The molecular formula is C12H10Se2. The molecular weight excluding hydrogens is 302 g/mol. The van der Waals surface area contributed by atoms with E-state index in [4.69, 9.17) is 0 Å². The third-order valence-corrected chi connectivity index (χ3v) is 6.65. The molecule has 0 saturated carbocycles. The van der Waals surface area contributed by atoms with Crippen LogP contribution in [0.5, 0.6) is 0 Å². The first kappa shape index (κ1) is 9.00. The number of hydrogen-bond donors (Lipinski definition) is 0. The first-order valence-electron chi connectivity index (χ1n) is 4.63. The van der Waals surface area contributed by atoms with E-state index >= 15 is 0 Å². The van der Waals surface area contributed by atoms with Crippen LogP contribution in [0.3, 0.4) is 0 Å². The molecule has 1 aromatic carbocycles. The predicted molar refractivity (Wildman–Crippen MR) is 64.8 cm³/mol. The molecule has 0 radical (unpaired) electrons. The molecule has 0 aliphatic carbocycles. The Morgan fingerprint density at radius 1 is 0.714 bits per heavy atom. The summed E-state index contributed by atoms with van der Waals surface area (Å²) < 4.78 is 6.28. The summed E-state index contributed by atoms with van der Waals surface area (Å²) in [6.07, 6.45) is 0. The van der Waals surface area contributed by atoms with Gasteiger partial charge in [-0.3, -0.25) is 0 Å². The van der Waals surface area contributed by atoms with Crippen LogP contribution in [0.2, 0.25) is 0 Å². The molecule has 0 amide bonds. The maximum atomic E-state index is 2.41. The van der Waals surface area contributed by atoms with Gasteiger partial charge in [-0.05, 0) is 0 Å². The van der Waals surface area contributed by atoms with Crippen LogP contribution in [0, 0.1) is 13.8 Å². The Bertz CT molecular complexity index is 511. The van der Waals surface area contributed by atoms with Crippen molar-refractivity contribution in [2.24, 2.45) is 0 Å². The van der Waals surface area contributed by atoms with E-state index in [0.717, 1.165) is 0 Å². The summed E-state index contributed by atoms with van der Waals surface area (Å²) in [5.74, 6) is 0. The Kier molecular flexibility index (Phi) is 2.00. The third-order valence-electron chi connectivity index (χ3n) is 2.40. The predicted octanol–water partition coefficient (Wildman–Crippen LogP) is 2.72. The van der Waals surface area contributed by atoms with Gasteiger partial charge in [-0.15, -0.1) is 0 Å². The third kappa shape index (κ3) is 1.34. The Balaban J connectivity index is 2.49. The van der Waals surface area contributed by atoms with Crippen molar-refractivity contribution < 1.29 is 0 Å². The fourth-order valence-electron chi connectivity index (χ4n) is 1.84. The molecule has 3 rings (SSSR count). The molecule has 14 heavy (non-hydrogen) atoms. The van der Waals surface area contributed by atoms with Crippen molar-refractivity contribution >= 4 is 48.3 Å². The summed E-state index contributed by atoms with van der Waals surface area (Å²) in [4.78, 5) is 0. The first-order chi connectivity index (χ1) is 6.72. The van der Waals surface area contributed by atoms with Crippen molar-refractivity contribution in [3.05, 3.63) is 33.1 Å². The molecule has 0 atom stereocenters. The number of fused-ring (bicyclic) bond motifs is 2. The van der Waals surface area contributed by atoms with Crippen LogP contribution in [-0.4, -0.2) is 29.0 Å². The zero-order valence-electron chi connectivity index (χ0n) is 8.13. The number of aryl methyl sites for hydroxylation is 2. The molecule has 0 spiro atoms. The summed E-state index contributed by atoms with van der Waals surface area (Å²) in [7, 11) is 0. The standard InChI is InChI=1S/C12H10Se2/c1-7-3-9-5-12-10(4-8(2)14-12)6-11(9)13-7/h3-6H,1-2H3. The van der Waals surface area contributed by atoms with Crippen LogP contribution < -0.4 is 0 Å². The van der Waals surface area contributed by atoms with Gasteiger partial charge in [0.25, 0.3) is 0 Å². The van der Waals surface area contributed by atoms with Gasteiger partial charge in [0, 0.05) is 0 Å². The fraction of sp³-hybridized carbons (Fsp3) is 0.167. The minimum absolute atomic E-state index is 0.599. The molecule has 70 valence electrons. The minimum atomic E-state index is 0.599. The SMILES string of the molecule is Cc1cc2cc3[se]c(C)cc3cc2[se]1. The summed E-state index contributed by atoms with van der Waals surface area (Å²) in [6.45, 7) is 4.49. The van der Waals surface area contributed by atoms with Crippen LogP contribution in [0.25, 0.3) is 19.3 Å². The molecule has 0 saturated heterocycles. The van der Waals surface area contributed by atoms with Crippen molar-refractivity contribution in [1.29, 1.82) is 0 Å². The van der Waals surface area contributed by atoms with E-state index in [-0.39, 0.29) is 0 Å². The van der Waals surface area contributed by atoms with E-state index in [2.05, 4.69) is 38.1 Å². The number of hydrogen-bond acceptors (Lipinski definition) is 0. The molecule has 0 nitrogen and oxygen atoms in total. The molecule has 2 heterocycles. The van der Waals surface area contributed by atoms with Gasteiger partial charge in [-0.25, -0.2) is 0 Å². The van der Waals surface area contributed by atoms with Gasteiger partial charge in [0.15, 0.2) is 0 Å². The van der Waals surface area contributed by atoms with E-state index < -0.39 is 0 Å². The zero-order valence-corrected chi connectivity index (χ0v) is 11.6. The molecule has 0 aliphatic heterocycles. The van der Waals surface area contributed by atoms with Gasteiger partial charge >= 0.3 is 95.3 Å². The van der Waals surface area contributed by atoms with Gasteiger partial charge in [-0.1, -0.05) is 0 Å². The van der Waals surface area contributed by atoms with Crippen LogP contribution in [-0.2, 0) is 0 Å². The van der Waals surface area contributed by atoms with Crippen LogP contribution >= 0.6 is 0 Å². The molecule has 0 N–H and O–H groups in total. The molecule has 2 heteroatoms. The monoisotopic (exact) mass is 314 g/mol. The normalized spacial score (nSPS) is 11.6. The zero-order chi connectivity index (χ0) is 9.71. The van der Waals surface area contributed by atoms with Gasteiger partial charge in [-0.2, -0.15) is 0 Å². The van der Waals surface area contributed by atoms with Gasteiger partial charge in [0.1, 0.15) is 0 Å².